The molecule has 7 nitrogen and oxygen atoms in total. The number of aromatic nitrogens is 4. The second-order valence-corrected chi connectivity index (χ2v) is 5.54. The van der Waals surface area contributed by atoms with E-state index in [4.69, 9.17) is 4.74 Å². The summed E-state index contributed by atoms with van der Waals surface area (Å²) in [7, 11) is 0. The summed E-state index contributed by atoms with van der Waals surface area (Å²) in [5.74, 6) is 0.544. The Hall–Kier alpha value is -3.29. The van der Waals surface area contributed by atoms with E-state index >= 15 is 0 Å². The van der Waals surface area contributed by atoms with E-state index in [1.807, 2.05) is 6.92 Å². The first-order valence-corrected chi connectivity index (χ1v) is 8.16. The van der Waals surface area contributed by atoms with Crippen LogP contribution in [0.15, 0.2) is 48.5 Å². The third-order valence-corrected chi connectivity index (χ3v) is 3.71. The summed E-state index contributed by atoms with van der Waals surface area (Å²) in [5, 5.41) is 14.1. The monoisotopic (exact) mass is 355 g/mol. The van der Waals surface area contributed by atoms with Crippen molar-refractivity contribution < 1.29 is 13.9 Å². The van der Waals surface area contributed by atoms with Gasteiger partial charge >= 0.3 is 0 Å². The molecule has 0 aliphatic carbocycles. The molecular weight excluding hydrogens is 337 g/mol. The van der Waals surface area contributed by atoms with Crippen LogP contribution in [0.1, 0.15) is 28.7 Å². The number of hydrogen-bond acceptors (Lipinski definition) is 5. The van der Waals surface area contributed by atoms with Crippen molar-refractivity contribution in [2.45, 2.75) is 26.6 Å². The second-order valence-electron chi connectivity index (χ2n) is 5.54. The predicted molar refractivity (Wildman–Crippen MR) is 91.8 cm³/mol. The van der Waals surface area contributed by atoms with E-state index in [-0.39, 0.29) is 24.9 Å². The number of carbonyl (C=O) groups is 1. The number of carbonyl (C=O) groups excluding carboxylic acids is 1. The van der Waals surface area contributed by atoms with Crippen LogP contribution in [0.4, 0.5) is 4.39 Å². The van der Waals surface area contributed by atoms with E-state index in [2.05, 4.69) is 20.8 Å². The Labute approximate surface area is 149 Å². The largest absolute Gasteiger partial charge is 0.486 e. The molecule has 0 aliphatic heterocycles. The zero-order chi connectivity index (χ0) is 18.4. The molecule has 0 saturated heterocycles. The van der Waals surface area contributed by atoms with Crippen LogP contribution in [0.3, 0.4) is 0 Å². The maximum absolute atomic E-state index is 13.2. The SMILES string of the molecule is CCn1nnnc1COc1cccc(C(=O)NCc2cccc(F)c2)c1. The minimum Gasteiger partial charge on any atom is -0.486 e. The predicted octanol–water partition coefficient (Wildman–Crippen LogP) is 2.34. The quantitative estimate of drug-likeness (QED) is 0.703. The molecular formula is C18H18FN5O2. The lowest BCUT2D eigenvalue weighted by molar-refractivity contribution is 0.0950. The summed E-state index contributed by atoms with van der Waals surface area (Å²) >= 11 is 0. The molecule has 1 aromatic heterocycles. The Kier molecular flexibility index (Phi) is 5.52. The molecule has 26 heavy (non-hydrogen) atoms. The molecule has 1 amide bonds. The van der Waals surface area contributed by atoms with E-state index in [1.54, 1.807) is 41.1 Å². The molecule has 0 saturated carbocycles. The molecule has 0 fully saturated rings. The summed E-state index contributed by atoms with van der Waals surface area (Å²) in [6.07, 6.45) is 0. The number of benzene rings is 2. The van der Waals surface area contributed by atoms with Gasteiger partial charge in [0, 0.05) is 18.7 Å². The summed E-state index contributed by atoms with van der Waals surface area (Å²) in [6.45, 7) is 3.03. The molecule has 0 unspecified atom stereocenters. The molecule has 3 aromatic rings. The fraction of sp³-hybridized carbons (Fsp3) is 0.222. The van der Waals surface area contributed by atoms with Gasteiger partial charge in [0.05, 0.1) is 0 Å². The molecule has 0 atom stereocenters. The molecule has 2 aromatic carbocycles. The Morgan fingerprint density at radius 2 is 2.08 bits per heavy atom. The van der Waals surface area contributed by atoms with Gasteiger partial charge in [0.25, 0.3) is 5.91 Å². The fourth-order valence-corrected chi connectivity index (χ4v) is 2.38. The first-order valence-electron chi connectivity index (χ1n) is 8.16. The second kappa shape index (κ2) is 8.19. The molecule has 8 heteroatoms. The fourth-order valence-electron chi connectivity index (χ4n) is 2.38. The lowest BCUT2D eigenvalue weighted by atomic mass is 10.2. The smallest absolute Gasteiger partial charge is 0.251 e. The number of nitrogens with one attached hydrogen (secondary N) is 1. The van der Waals surface area contributed by atoms with Crippen molar-refractivity contribution >= 4 is 5.91 Å². The number of tetrazole rings is 1. The number of aryl methyl sites for hydroxylation is 1. The van der Waals surface area contributed by atoms with Crippen molar-refractivity contribution in [3.63, 3.8) is 0 Å². The highest BCUT2D eigenvalue weighted by atomic mass is 19.1. The van der Waals surface area contributed by atoms with E-state index in [9.17, 15) is 9.18 Å². The number of hydrogen-bond donors (Lipinski definition) is 1. The standard InChI is InChI=1S/C18H18FN5O2/c1-2-24-17(21-22-23-24)12-26-16-8-4-6-14(10-16)18(25)20-11-13-5-3-7-15(19)9-13/h3-10H,2,11-12H2,1H3,(H,20,25). The summed E-state index contributed by atoms with van der Waals surface area (Å²) in [4.78, 5) is 12.3. The van der Waals surface area contributed by atoms with Gasteiger partial charge in [0.1, 0.15) is 18.2 Å². The number of ether oxygens (including phenoxy) is 1. The highest BCUT2D eigenvalue weighted by Crippen LogP contribution is 2.15. The minimum atomic E-state index is -0.332. The summed E-state index contributed by atoms with van der Waals surface area (Å²) in [5.41, 5.74) is 1.14. The zero-order valence-electron chi connectivity index (χ0n) is 14.2. The Morgan fingerprint density at radius 3 is 2.88 bits per heavy atom. The Morgan fingerprint density at radius 1 is 1.23 bits per heavy atom. The molecule has 1 heterocycles. The maximum Gasteiger partial charge on any atom is 0.251 e. The van der Waals surface area contributed by atoms with Crippen LogP contribution in [0.5, 0.6) is 5.75 Å². The van der Waals surface area contributed by atoms with Gasteiger partial charge in [-0.3, -0.25) is 4.79 Å². The van der Waals surface area contributed by atoms with Crippen LogP contribution >= 0.6 is 0 Å². The van der Waals surface area contributed by atoms with Crippen molar-refractivity contribution in [2.75, 3.05) is 0 Å². The Balaban J connectivity index is 1.60. The summed E-state index contributed by atoms with van der Waals surface area (Å²) < 4.78 is 20.5. The van der Waals surface area contributed by atoms with Crippen LogP contribution in [-0.2, 0) is 19.7 Å². The van der Waals surface area contributed by atoms with Gasteiger partial charge in [-0.15, -0.1) is 5.10 Å². The molecule has 134 valence electrons. The van der Waals surface area contributed by atoms with Crippen LogP contribution in [0.2, 0.25) is 0 Å². The van der Waals surface area contributed by atoms with Crippen LogP contribution < -0.4 is 10.1 Å². The average Bonchev–Trinajstić information content (AvgIpc) is 3.12. The van der Waals surface area contributed by atoms with Crippen molar-refractivity contribution in [1.29, 1.82) is 0 Å². The average molecular weight is 355 g/mol. The molecule has 0 aliphatic rings. The Bertz CT molecular complexity index is 897. The number of amides is 1. The van der Waals surface area contributed by atoms with Gasteiger partial charge in [0.2, 0.25) is 0 Å². The first-order chi connectivity index (χ1) is 12.7. The third kappa shape index (κ3) is 4.41. The molecule has 0 radical (unpaired) electrons. The number of halogens is 1. The van der Waals surface area contributed by atoms with Gasteiger partial charge in [0.15, 0.2) is 5.82 Å². The highest BCUT2D eigenvalue weighted by molar-refractivity contribution is 5.94. The van der Waals surface area contributed by atoms with Crippen LogP contribution in [0.25, 0.3) is 0 Å². The van der Waals surface area contributed by atoms with Crippen molar-refractivity contribution in [3.8, 4) is 5.75 Å². The summed E-state index contributed by atoms with van der Waals surface area (Å²) in [6, 6.07) is 12.9. The topological polar surface area (TPSA) is 81.9 Å². The van der Waals surface area contributed by atoms with Crippen molar-refractivity contribution in [3.05, 3.63) is 71.3 Å². The molecule has 1 N–H and O–H groups in total. The zero-order valence-corrected chi connectivity index (χ0v) is 14.2. The number of nitrogens with zero attached hydrogens (tertiary/aromatic N) is 4. The van der Waals surface area contributed by atoms with E-state index in [1.165, 1.54) is 12.1 Å². The van der Waals surface area contributed by atoms with Gasteiger partial charge in [-0.2, -0.15) is 0 Å². The van der Waals surface area contributed by atoms with E-state index in [0.29, 0.717) is 29.2 Å². The van der Waals surface area contributed by atoms with Crippen molar-refractivity contribution in [1.82, 2.24) is 25.5 Å². The minimum absolute atomic E-state index is 0.204. The lowest BCUT2D eigenvalue weighted by Gasteiger charge is -2.09. The highest BCUT2D eigenvalue weighted by Gasteiger charge is 2.09. The van der Waals surface area contributed by atoms with E-state index in [0.717, 1.165) is 0 Å². The van der Waals surface area contributed by atoms with Gasteiger partial charge in [-0.05, 0) is 53.2 Å². The van der Waals surface area contributed by atoms with Crippen molar-refractivity contribution in [2.24, 2.45) is 0 Å². The van der Waals surface area contributed by atoms with E-state index < -0.39 is 0 Å². The number of rotatable bonds is 7. The first kappa shape index (κ1) is 17.5. The van der Waals surface area contributed by atoms with Gasteiger partial charge in [-0.1, -0.05) is 18.2 Å². The normalized spacial score (nSPS) is 10.5. The van der Waals surface area contributed by atoms with Crippen LogP contribution in [-0.4, -0.2) is 26.1 Å². The van der Waals surface area contributed by atoms with Crippen LogP contribution in [0, 0.1) is 5.82 Å². The third-order valence-electron chi connectivity index (χ3n) is 3.71. The molecule has 0 spiro atoms. The van der Waals surface area contributed by atoms with Gasteiger partial charge < -0.3 is 10.1 Å². The van der Waals surface area contributed by atoms with Gasteiger partial charge in [-0.25, -0.2) is 9.07 Å². The molecule has 0 bridgehead atoms. The lowest BCUT2D eigenvalue weighted by Crippen LogP contribution is -2.22. The molecule has 3 rings (SSSR count). The maximum atomic E-state index is 13.2.